The Kier molecular flexibility index (Phi) is 8.37. The van der Waals surface area contributed by atoms with Crippen LogP contribution in [0.3, 0.4) is 0 Å². The smallest absolute Gasteiger partial charge is 0.343 e. The lowest BCUT2D eigenvalue weighted by Gasteiger charge is -2.30. The molecule has 1 aromatic heterocycles. The number of ether oxygens (including phenoxy) is 3. The number of aromatic nitrogens is 3. The van der Waals surface area contributed by atoms with Crippen molar-refractivity contribution in [3.8, 4) is 5.75 Å². The predicted molar refractivity (Wildman–Crippen MR) is 146 cm³/mol. The van der Waals surface area contributed by atoms with Crippen LogP contribution in [0.2, 0.25) is 0 Å². The highest BCUT2D eigenvalue weighted by Gasteiger charge is 2.21. The van der Waals surface area contributed by atoms with Crippen molar-refractivity contribution in [3.63, 3.8) is 0 Å². The number of hydrazone groups is 1. The second-order valence-corrected chi connectivity index (χ2v) is 9.04. The number of morpholine rings is 2. The fourth-order valence-corrected chi connectivity index (χ4v) is 4.10. The van der Waals surface area contributed by atoms with Crippen LogP contribution in [0.15, 0.2) is 47.6 Å². The number of anilines is 3. The van der Waals surface area contributed by atoms with Gasteiger partial charge in [0.2, 0.25) is 17.8 Å². The zero-order valence-electron chi connectivity index (χ0n) is 21.9. The molecule has 2 aromatic carbocycles. The highest BCUT2D eigenvalue weighted by atomic mass is 16.6. The number of esters is 1. The van der Waals surface area contributed by atoms with Crippen LogP contribution in [-0.4, -0.2) is 84.7 Å². The van der Waals surface area contributed by atoms with E-state index >= 15 is 0 Å². The van der Waals surface area contributed by atoms with Gasteiger partial charge >= 0.3 is 5.97 Å². The first kappa shape index (κ1) is 26.9. The van der Waals surface area contributed by atoms with Crippen molar-refractivity contribution < 1.29 is 23.9 Å². The van der Waals surface area contributed by atoms with Gasteiger partial charge in [-0.1, -0.05) is 6.07 Å². The van der Waals surface area contributed by atoms with Crippen LogP contribution in [0.4, 0.5) is 23.5 Å². The zero-order chi connectivity index (χ0) is 27.9. The molecule has 0 unspecified atom stereocenters. The average Bonchev–Trinajstić information content (AvgIpc) is 2.99. The van der Waals surface area contributed by atoms with Gasteiger partial charge in [0.1, 0.15) is 5.75 Å². The molecule has 0 radical (unpaired) electrons. The number of aryl methyl sites for hydroxylation is 1. The minimum Gasteiger partial charge on any atom is -0.423 e. The summed E-state index contributed by atoms with van der Waals surface area (Å²) in [6.45, 7) is 6.78. The van der Waals surface area contributed by atoms with Crippen molar-refractivity contribution in [3.05, 3.63) is 69.3 Å². The van der Waals surface area contributed by atoms with Crippen molar-refractivity contribution in [2.24, 2.45) is 5.10 Å². The van der Waals surface area contributed by atoms with E-state index in [0.29, 0.717) is 81.8 Å². The molecular weight excluding hydrogens is 520 g/mol. The number of nitrogens with one attached hydrogen (secondary N) is 1. The molecule has 0 atom stereocenters. The van der Waals surface area contributed by atoms with E-state index in [9.17, 15) is 14.9 Å². The molecule has 2 saturated heterocycles. The van der Waals surface area contributed by atoms with Gasteiger partial charge in [-0.15, -0.1) is 0 Å². The standard InChI is InChI=1S/C26H28N8O6/c1-18-2-5-20(16-22(18)34(36)37)23(35)40-21-6-3-19(4-7-21)17-27-31-24-28-25(32-8-12-38-13-9-32)30-26(29-24)33-10-14-39-15-11-33/h2-7,16-17H,8-15H2,1H3,(H,28,29,30,31)/b27-17-. The Hall–Kier alpha value is -4.69. The van der Waals surface area contributed by atoms with Gasteiger partial charge in [-0.25, -0.2) is 10.2 Å². The first-order valence-corrected chi connectivity index (χ1v) is 12.7. The van der Waals surface area contributed by atoms with Gasteiger partial charge in [-0.2, -0.15) is 20.1 Å². The maximum Gasteiger partial charge on any atom is 0.343 e. The quantitative estimate of drug-likeness (QED) is 0.144. The number of rotatable bonds is 8. The van der Waals surface area contributed by atoms with Gasteiger partial charge in [0.15, 0.2) is 0 Å². The summed E-state index contributed by atoms with van der Waals surface area (Å²) in [5, 5.41) is 15.4. The number of hydrogen-bond donors (Lipinski definition) is 1. The molecule has 0 amide bonds. The van der Waals surface area contributed by atoms with Gasteiger partial charge in [0, 0.05) is 37.8 Å². The van der Waals surface area contributed by atoms with E-state index in [1.165, 1.54) is 18.2 Å². The van der Waals surface area contributed by atoms with Gasteiger partial charge < -0.3 is 24.0 Å². The number of hydrogen-bond acceptors (Lipinski definition) is 13. The molecule has 0 aliphatic carbocycles. The SMILES string of the molecule is Cc1ccc(C(=O)Oc2ccc(/C=N\Nc3nc(N4CCOCC4)nc(N4CCOCC4)n3)cc2)cc1[N+](=O)[O-]. The van der Waals surface area contributed by atoms with Crippen LogP contribution in [0.5, 0.6) is 5.75 Å². The monoisotopic (exact) mass is 548 g/mol. The molecule has 3 heterocycles. The predicted octanol–water partition coefficient (Wildman–Crippen LogP) is 2.43. The Morgan fingerprint density at radius 1 is 0.975 bits per heavy atom. The van der Waals surface area contributed by atoms with Gasteiger partial charge in [-0.3, -0.25) is 10.1 Å². The molecule has 1 N–H and O–H groups in total. The summed E-state index contributed by atoms with van der Waals surface area (Å²) in [5.41, 5.74) is 4.04. The average molecular weight is 549 g/mol. The number of nitrogens with zero attached hydrogens (tertiary/aromatic N) is 7. The van der Waals surface area contributed by atoms with Crippen molar-refractivity contribution in [2.45, 2.75) is 6.92 Å². The van der Waals surface area contributed by atoms with Crippen molar-refractivity contribution in [1.29, 1.82) is 0 Å². The Balaban J connectivity index is 1.24. The Morgan fingerprint density at radius 3 is 2.15 bits per heavy atom. The van der Waals surface area contributed by atoms with Crippen LogP contribution in [0, 0.1) is 17.0 Å². The van der Waals surface area contributed by atoms with E-state index in [-0.39, 0.29) is 11.3 Å². The Bertz CT molecular complexity index is 1350. The highest BCUT2D eigenvalue weighted by molar-refractivity contribution is 5.92. The largest absolute Gasteiger partial charge is 0.423 e. The second kappa shape index (κ2) is 12.4. The van der Waals surface area contributed by atoms with E-state index in [1.807, 2.05) is 0 Å². The number of nitro benzene ring substituents is 1. The Labute approximate surface area is 229 Å². The summed E-state index contributed by atoms with van der Waals surface area (Å²) in [5.74, 6) is 1.03. The van der Waals surface area contributed by atoms with E-state index in [0.717, 1.165) is 5.56 Å². The van der Waals surface area contributed by atoms with Crippen LogP contribution < -0.4 is 20.0 Å². The maximum atomic E-state index is 12.5. The molecule has 0 bridgehead atoms. The lowest BCUT2D eigenvalue weighted by Crippen LogP contribution is -2.40. The summed E-state index contributed by atoms with van der Waals surface area (Å²) in [6.07, 6.45) is 1.58. The maximum absolute atomic E-state index is 12.5. The second-order valence-electron chi connectivity index (χ2n) is 9.04. The molecule has 2 fully saturated rings. The summed E-state index contributed by atoms with van der Waals surface area (Å²) in [4.78, 5) is 41.0. The molecule has 2 aliphatic rings. The number of carbonyl (C=O) groups excluding carboxylic acids is 1. The molecular formula is C26H28N8O6. The molecule has 3 aromatic rings. The van der Waals surface area contributed by atoms with Crippen LogP contribution in [0.1, 0.15) is 21.5 Å². The van der Waals surface area contributed by atoms with Crippen molar-refractivity contribution >= 4 is 35.7 Å². The molecule has 0 saturated carbocycles. The third-order valence-electron chi connectivity index (χ3n) is 6.31. The molecule has 14 heteroatoms. The molecule has 2 aliphatic heterocycles. The summed E-state index contributed by atoms with van der Waals surface area (Å²) < 4.78 is 16.3. The first-order chi connectivity index (χ1) is 19.5. The number of nitro groups is 1. The van der Waals surface area contributed by atoms with Gasteiger partial charge in [0.05, 0.1) is 43.1 Å². The summed E-state index contributed by atoms with van der Waals surface area (Å²) in [7, 11) is 0. The lowest BCUT2D eigenvalue weighted by atomic mass is 10.1. The lowest BCUT2D eigenvalue weighted by molar-refractivity contribution is -0.385. The molecule has 208 valence electrons. The number of carbonyl (C=O) groups is 1. The van der Waals surface area contributed by atoms with Gasteiger partial charge in [0.25, 0.3) is 5.69 Å². The molecule has 0 spiro atoms. The molecule has 14 nitrogen and oxygen atoms in total. The zero-order valence-corrected chi connectivity index (χ0v) is 21.9. The minimum atomic E-state index is -0.687. The topological polar surface area (TPSA) is 157 Å². The van der Waals surface area contributed by atoms with Crippen LogP contribution >= 0.6 is 0 Å². The van der Waals surface area contributed by atoms with E-state index in [4.69, 9.17) is 14.2 Å². The third-order valence-corrected chi connectivity index (χ3v) is 6.31. The first-order valence-electron chi connectivity index (χ1n) is 12.7. The van der Waals surface area contributed by atoms with Crippen LogP contribution in [-0.2, 0) is 9.47 Å². The highest BCUT2D eigenvalue weighted by Crippen LogP contribution is 2.22. The van der Waals surface area contributed by atoms with Gasteiger partial charge in [-0.05, 0) is 42.8 Å². The Morgan fingerprint density at radius 2 is 1.57 bits per heavy atom. The van der Waals surface area contributed by atoms with Crippen LogP contribution in [0.25, 0.3) is 0 Å². The normalized spacial score (nSPS) is 15.7. The van der Waals surface area contributed by atoms with E-state index < -0.39 is 10.9 Å². The summed E-state index contributed by atoms with van der Waals surface area (Å²) in [6, 6.07) is 10.9. The minimum absolute atomic E-state index is 0.0948. The fourth-order valence-electron chi connectivity index (χ4n) is 4.10. The van der Waals surface area contributed by atoms with Crippen molar-refractivity contribution in [1.82, 2.24) is 15.0 Å². The molecule has 5 rings (SSSR count). The van der Waals surface area contributed by atoms with E-state index in [2.05, 4.69) is 35.3 Å². The molecule has 40 heavy (non-hydrogen) atoms. The summed E-state index contributed by atoms with van der Waals surface area (Å²) >= 11 is 0. The van der Waals surface area contributed by atoms with Crippen molar-refractivity contribution in [2.75, 3.05) is 67.8 Å². The number of benzene rings is 2. The third kappa shape index (κ3) is 6.65. The van der Waals surface area contributed by atoms with E-state index in [1.54, 1.807) is 37.4 Å². The fraction of sp³-hybridized carbons (Fsp3) is 0.346.